The van der Waals surface area contributed by atoms with Crippen LogP contribution in [0.15, 0.2) is 88.2 Å². The molecule has 0 amide bonds. The van der Waals surface area contributed by atoms with E-state index in [2.05, 4.69) is 14.9 Å². The summed E-state index contributed by atoms with van der Waals surface area (Å²) < 4.78 is 34.6. The first kappa shape index (κ1) is 20.3. The Labute approximate surface area is 179 Å². The summed E-state index contributed by atoms with van der Waals surface area (Å²) in [6.07, 6.45) is 0. The number of benzene rings is 3. The Balaban J connectivity index is 1.75. The first-order valence-electron chi connectivity index (χ1n) is 9.16. The molecule has 0 spiro atoms. The number of nitrogens with zero attached hydrogens (tertiary/aromatic N) is 2. The van der Waals surface area contributed by atoms with E-state index in [-0.39, 0.29) is 16.7 Å². The van der Waals surface area contributed by atoms with E-state index in [1.54, 1.807) is 48.5 Å². The molecule has 6 nitrogen and oxygen atoms in total. The topological polar surface area (TPSA) is 85.1 Å². The van der Waals surface area contributed by atoms with Crippen LogP contribution in [-0.4, -0.2) is 18.6 Å². The van der Waals surface area contributed by atoms with E-state index in [1.807, 2.05) is 37.3 Å². The van der Waals surface area contributed by atoms with Crippen LogP contribution < -0.4 is 4.72 Å². The van der Waals surface area contributed by atoms with Crippen LogP contribution in [0, 0.1) is 6.92 Å². The summed E-state index contributed by atoms with van der Waals surface area (Å²) in [7, 11) is -3.88. The number of sulfonamides is 1. The second kappa shape index (κ2) is 8.39. The summed E-state index contributed by atoms with van der Waals surface area (Å²) in [6.45, 7) is 1.89. The molecular formula is C22H18ClN3O3S. The second-order valence-corrected chi connectivity index (χ2v) is 8.82. The summed E-state index contributed by atoms with van der Waals surface area (Å²) in [4.78, 5) is 0.132. The fraction of sp³-hybridized carbons (Fsp3) is 0.0909. The Morgan fingerprint density at radius 2 is 1.57 bits per heavy atom. The quantitative estimate of drug-likeness (QED) is 0.468. The highest BCUT2D eigenvalue weighted by Crippen LogP contribution is 2.31. The monoisotopic (exact) mass is 439 g/mol. The number of hydrogen-bond acceptors (Lipinski definition) is 5. The normalized spacial score (nSPS) is 12.6. The van der Waals surface area contributed by atoms with Crippen molar-refractivity contribution in [3.63, 3.8) is 0 Å². The standard InChI is InChI=1S/C22H18ClN3O3S/c1-15-11-13-17(14-12-15)30(27,28)26-20(18-9-5-6-10-19(18)23)22-25-24-21(29-22)16-7-3-2-4-8-16/h2-14,20,26H,1H3. The first-order valence-corrected chi connectivity index (χ1v) is 11.0. The van der Waals surface area contributed by atoms with Crippen molar-refractivity contribution in [2.45, 2.75) is 17.9 Å². The summed E-state index contributed by atoms with van der Waals surface area (Å²) in [5.41, 5.74) is 2.20. The van der Waals surface area contributed by atoms with Crippen molar-refractivity contribution < 1.29 is 12.8 Å². The van der Waals surface area contributed by atoms with Crippen LogP contribution in [0.1, 0.15) is 23.1 Å². The van der Waals surface area contributed by atoms with E-state index < -0.39 is 16.1 Å². The van der Waals surface area contributed by atoms with E-state index in [0.717, 1.165) is 11.1 Å². The Morgan fingerprint density at radius 1 is 0.900 bits per heavy atom. The summed E-state index contributed by atoms with van der Waals surface area (Å²) in [5.74, 6) is 0.384. The lowest BCUT2D eigenvalue weighted by Gasteiger charge is -2.17. The van der Waals surface area contributed by atoms with E-state index in [0.29, 0.717) is 10.6 Å². The third-order valence-electron chi connectivity index (χ3n) is 4.53. The van der Waals surface area contributed by atoms with E-state index in [1.165, 1.54) is 0 Å². The third kappa shape index (κ3) is 4.28. The lowest BCUT2D eigenvalue weighted by molar-refractivity contribution is 0.464. The summed E-state index contributed by atoms with van der Waals surface area (Å²) in [6, 6.07) is 21.8. The van der Waals surface area contributed by atoms with Gasteiger partial charge < -0.3 is 4.42 Å². The molecule has 0 aliphatic heterocycles. The molecule has 0 fully saturated rings. The maximum Gasteiger partial charge on any atom is 0.247 e. The molecule has 8 heteroatoms. The smallest absolute Gasteiger partial charge is 0.247 e. The van der Waals surface area contributed by atoms with Gasteiger partial charge in [-0.2, -0.15) is 4.72 Å². The minimum Gasteiger partial charge on any atom is -0.419 e. The van der Waals surface area contributed by atoms with Crippen LogP contribution >= 0.6 is 11.6 Å². The molecule has 0 saturated carbocycles. The molecule has 1 aromatic heterocycles. The zero-order valence-electron chi connectivity index (χ0n) is 16.0. The van der Waals surface area contributed by atoms with Crippen molar-refractivity contribution in [1.29, 1.82) is 0 Å². The maximum atomic E-state index is 13.0. The fourth-order valence-corrected chi connectivity index (χ4v) is 4.36. The van der Waals surface area contributed by atoms with Gasteiger partial charge in [-0.15, -0.1) is 10.2 Å². The molecule has 1 heterocycles. The van der Waals surface area contributed by atoms with Gasteiger partial charge in [0, 0.05) is 10.6 Å². The van der Waals surface area contributed by atoms with Crippen LogP contribution in [0.25, 0.3) is 11.5 Å². The van der Waals surface area contributed by atoms with Crippen LogP contribution in [0.2, 0.25) is 5.02 Å². The molecular weight excluding hydrogens is 422 g/mol. The molecule has 30 heavy (non-hydrogen) atoms. The lowest BCUT2D eigenvalue weighted by atomic mass is 10.1. The maximum absolute atomic E-state index is 13.0. The number of halogens is 1. The molecule has 1 atom stereocenters. The Hall–Kier alpha value is -3.00. The number of hydrogen-bond donors (Lipinski definition) is 1. The molecule has 0 radical (unpaired) electrons. The molecule has 1 N–H and O–H groups in total. The van der Waals surface area contributed by atoms with Crippen LogP contribution in [0.5, 0.6) is 0 Å². The molecule has 4 rings (SSSR count). The SMILES string of the molecule is Cc1ccc(S(=O)(=O)NC(c2nnc(-c3ccccc3)o2)c2ccccc2Cl)cc1. The van der Waals surface area contributed by atoms with Crippen molar-refractivity contribution in [1.82, 2.24) is 14.9 Å². The highest BCUT2D eigenvalue weighted by Gasteiger charge is 2.29. The van der Waals surface area contributed by atoms with Crippen LogP contribution in [0.4, 0.5) is 0 Å². The van der Waals surface area contributed by atoms with Crippen LogP contribution in [0.3, 0.4) is 0 Å². The minimum atomic E-state index is -3.88. The first-order chi connectivity index (χ1) is 14.4. The minimum absolute atomic E-state index is 0.0950. The lowest BCUT2D eigenvalue weighted by Crippen LogP contribution is -2.30. The zero-order chi connectivity index (χ0) is 21.1. The molecule has 4 aromatic rings. The molecule has 1 unspecified atom stereocenters. The van der Waals surface area contributed by atoms with Gasteiger partial charge in [0.15, 0.2) is 0 Å². The highest BCUT2D eigenvalue weighted by atomic mass is 35.5. The molecule has 0 bridgehead atoms. The number of aromatic nitrogens is 2. The summed E-state index contributed by atoms with van der Waals surface area (Å²) in [5, 5.41) is 8.57. The molecule has 0 saturated heterocycles. The molecule has 152 valence electrons. The third-order valence-corrected chi connectivity index (χ3v) is 6.31. The van der Waals surface area contributed by atoms with Gasteiger partial charge >= 0.3 is 0 Å². The van der Waals surface area contributed by atoms with Gasteiger partial charge in [-0.25, -0.2) is 8.42 Å². The average Bonchev–Trinajstić information content (AvgIpc) is 3.24. The van der Waals surface area contributed by atoms with Crippen molar-refractivity contribution in [2.75, 3.05) is 0 Å². The second-order valence-electron chi connectivity index (χ2n) is 6.70. The molecule has 3 aromatic carbocycles. The number of nitrogens with one attached hydrogen (secondary N) is 1. The van der Waals surface area contributed by atoms with Gasteiger partial charge in [0.25, 0.3) is 0 Å². The Morgan fingerprint density at radius 3 is 2.27 bits per heavy atom. The Bertz CT molecular complexity index is 1260. The number of aryl methyl sites for hydroxylation is 1. The predicted molar refractivity (Wildman–Crippen MR) is 115 cm³/mol. The molecule has 0 aliphatic carbocycles. The predicted octanol–water partition coefficient (Wildman–Crippen LogP) is 4.77. The van der Waals surface area contributed by atoms with Gasteiger partial charge in [0.05, 0.1) is 4.90 Å². The van der Waals surface area contributed by atoms with Gasteiger partial charge in [0.1, 0.15) is 6.04 Å². The fourth-order valence-electron chi connectivity index (χ4n) is 2.95. The van der Waals surface area contributed by atoms with Gasteiger partial charge in [-0.1, -0.05) is 65.7 Å². The van der Waals surface area contributed by atoms with E-state index in [9.17, 15) is 8.42 Å². The van der Waals surface area contributed by atoms with Gasteiger partial charge in [0.2, 0.25) is 21.8 Å². The Kier molecular flexibility index (Phi) is 5.67. The summed E-state index contributed by atoms with van der Waals surface area (Å²) >= 11 is 6.36. The average molecular weight is 440 g/mol. The zero-order valence-corrected chi connectivity index (χ0v) is 17.6. The highest BCUT2D eigenvalue weighted by molar-refractivity contribution is 7.89. The largest absolute Gasteiger partial charge is 0.419 e. The van der Waals surface area contributed by atoms with Crippen LogP contribution in [-0.2, 0) is 10.0 Å². The van der Waals surface area contributed by atoms with Crippen molar-refractivity contribution in [2.24, 2.45) is 0 Å². The van der Waals surface area contributed by atoms with Gasteiger partial charge in [-0.3, -0.25) is 0 Å². The molecule has 0 aliphatic rings. The van der Waals surface area contributed by atoms with Crippen molar-refractivity contribution in [3.05, 3.63) is 101 Å². The van der Waals surface area contributed by atoms with Crippen molar-refractivity contribution in [3.8, 4) is 11.5 Å². The number of rotatable bonds is 6. The van der Waals surface area contributed by atoms with E-state index in [4.69, 9.17) is 16.0 Å². The van der Waals surface area contributed by atoms with Gasteiger partial charge in [-0.05, 0) is 42.8 Å². The van der Waals surface area contributed by atoms with E-state index >= 15 is 0 Å². The van der Waals surface area contributed by atoms with Crippen molar-refractivity contribution >= 4 is 21.6 Å².